The molecule has 9 nitrogen and oxygen atoms in total. The number of non-ortho nitro benzene ring substituents is 1. The summed E-state index contributed by atoms with van der Waals surface area (Å²) in [5, 5.41) is 15.4. The van der Waals surface area contributed by atoms with Crippen molar-refractivity contribution in [1.82, 2.24) is 10.2 Å². The SMILES string of the molecule is CN1CC(=O)NC1=NC(=O)Nc1cccc([N+](=O)[O-])c1. The van der Waals surface area contributed by atoms with E-state index in [1.54, 1.807) is 7.05 Å². The molecular formula is C11H11N5O4. The van der Waals surface area contributed by atoms with Crippen molar-refractivity contribution >= 4 is 29.3 Å². The normalized spacial score (nSPS) is 16.1. The lowest BCUT2D eigenvalue weighted by Crippen LogP contribution is -2.29. The standard InChI is InChI=1S/C11H11N5O4/c1-15-6-9(17)13-10(15)14-11(18)12-7-3-2-4-8(5-7)16(19)20/h2-5H,6H2,1H3,(H2,12,13,14,17,18). The van der Waals surface area contributed by atoms with Crippen LogP contribution in [0.25, 0.3) is 0 Å². The molecule has 0 radical (unpaired) electrons. The Balaban J connectivity index is 2.08. The number of anilines is 1. The van der Waals surface area contributed by atoms with Crippen molar-refractivity contribution in [2.45, 2.75) is 0 Å². The predicted octanol–water partition coefficient (Wildman–Crippen LogP) is 0.544. The predicted molar refractivity (Wildman–Crippen MR) is 70.3 cm³/mol. The quantitative estimate of drug-likeness (QED) is 0.604. The number of benzene rings is 1. The highest BCUT2D eigenvalue weighted by molar-refractivity contribution is 6.09. The van der Waals surface area contributed by atoms with Crippen LogP contribution in [0.3, 0.4) is 0 Å². The van der Waals surface area contributed by atoms with Gasteiger partial charge in [0, 0.05) is 24.9 Å². The lowest BCUT2D eigenvalue weighted by atomic mass is 10.3. The third-order valence-corrected chi connectivity index (χ3v) is 2.51. The molecule has 0 aromatic heterocycles. The fourth-order valence-electron chi connectivity index (χ4n) is 1.61. The molecule has 1 aromatic carbocycles. The van der Waals surface area contributed by atoms with Crippen LogP contribution in [0.5, 0.6) is 0 Å². The lowest BCUT2D eigenvalue weighted by molar-refractivity contribution is -0.384. The van der Waals surface area contributed by atoms with Gasteiger partial charge in [0.15, 0.2) is 0 Å². The van der Waals surface area contributed by atoms with Crippen LogP contribution in [0, 0.1) is 10.1 Å². The van der Waals surface area contributed by atoms with E-state index in [1.165, 1.54) is 29.2 Å². The van der Waals surface area contributed by atoms with Crippen LogP contribution >= 0.6 is 0 Å². The van der Waals surface area contributed by atoms with Gasteiger partial charge in [-0.1, -0.05) is 6.07 Å². The van der Waals surface area contributed by atoms with Crippen LogP contribution < -0.4 is 10.6 Å². The lowest BCUT2D eigenvalue weighted by Gasteiger charge is -2.08. The number of amides is 3. The van der Waals surface area contributed by atoms with Gasteiger partial charge in [0.25, 0.3) is 5.69 Å². The number of nitro benzene ring substituents is 1. The largest absolute Gasteiger partial charge is 0.348 e. The molecule has 1 heterocycles. The van der Waals surface area contributed by atoms with E-state index in [9.17, 15) is 19.7 Å². The maximum Gasteiger partial charge on any atom is 0.348 e. The number of aliphatic imine (C=N–C) groups is 1. The Bertz CT molecular complexity index is 613. The first-order valence-corrected chi connectivity index (χ1v) is 5.61. The Morgan fingerprint density at radius 3 is 2.90 bits per heavy atom. The number of likely N-dealkylation sites (N-methyl/N-ethyl adjacent to an activating group) is 1. The van der Waals surface area contributed by atoms with Gasteiger partial charge in [-0.05, 0) is 6.07 Å². The van der Waals surface area contributed by atoms with Crippen molar-refractivity contribution < 1.29 is 14.5 Å². The molecular weight excluding hydrogens is 266 g/mol. The van der Waals surface area contributed by atoms with Crippen LogP contribution in [0.15, 0.2) is 29.3 Å². The van der Waals surface area contributed by atoms with Crippen molar-refractivity contribution in [3.8, 4) is 0 Å². The molecule has 0 aliphatic carbocycles. The molecule has 1 fully saturated rings. The third kappa shape index (κ3) is 3.07. The second-order valence-electron chi connectivity index (χ2n) is 4.08. The topological polar surface area (TPSA) is 117 Å². The average Bonchev–Trinajstić information content (AvgIpc) is 2.67. The minimum Gasteiger partial charge on any atom is -0.336 e. The van der Waals surface area contributed by atoms with Gasteiger partial charge in [-0.15, -0.1) is 0 Å². The van der Waals surface area contributed by atoms with E-state index in [4.69, 9.17) is 0 Å². The van der Waals surface area contributed by atoms with E-state index in [1.807, 2.05) is 0 Å². The van der Waals surface area contributed by atoms with E-state index in [0.29, 0.717) is 0 Å². The Morgan fingerprint density at radius 1 is 1.55 bits per heavy atom. The Hall–Kier alpha value is -2.97. The average molecular weight is 277 g/mol. The number of nitro groups is 1. The van der Waals surface area contributed by atoms with E-state index < -0.39 is 11.0 Å². The van der Waals surface area contributed by atoms with Gasteiger partial charge < -0.3 is 10.2 Å². The van der Waals surface area contributed by atoms with Crippen molar-refractivity contribution in [1.29, 1.82) is 0 Å². The van der Waals surface area contributed by atoms with Gasteiger partial charge in [0.2, 0.25) is 11.9 Å². The monoisotopic (exact) mass is 277 g/mol. The number of guanidine groups is 1. The smallest absolute Gasteiger partial charge is 0.336 e. The summed E-state index contributed by atoms with van der Waals surface area (Å²) in [6, 6.07) is 4.75. The number of urea groups is 1. The number of hydrogen-bond acceptors (Lipinski definition) is 4. The van der Waals surface area contributed by atoms with Gasteiger partial charge >= 0.3 is 6.03 Å². The van der Waals surface area contributed by atoms with Gasteiger partial charge in [-0.3, -0.25) is 20.2 Å². The first-order valence-electron chi connectivity index (χ1n) is 5.61. The summed E-state index contributed by atoms with van der Waals surface area (Å²) >= 11 is 0. The Labute approximate surface area is 113 Å². The number of carbonyl (C=O) groups excluding carboxylic acids is 2. The summed E-state index contributed by atoms with van der Waals surface area (Å²) in [7, 11) is 1.61. The zero-order valence-electron chi connectivity index (χ0n) is 10.5. The molecule has 1 aliphatic heterocycles. The summed E-state index contributed by atoms with van der Waals surface area (Å²) in [4.78, 5) is 37.9. The second kappa shape index (κ2) is 5.34. The second-order valence-corrected chi connectivity index (χ2v) is 4.08. The molecule has 2 rings (SSSR count). The molecule has 20 heavy (non-hydrogen) atoms. The molecule has 3 amide bonds. The minimum absolute atomic E-state index is 0.128. The van der Waals surface area contributed by atoms with Crippen molar-refractivity contribution in [2.24, 2.45) is 4.99 Å². The highest BCUT2D eigenvalue weighted by Gasteiger charge is 2.22. The number of nitrogens with one attached hydrogen (secondary N) is 2. The number of carbonyl (C=O) groups is 2. The van der Waals surface area contributed by atoms with Crippen molar-refractivity contribution in [2.75, 3.05) is 18.9 Å². The van der Waals surface area contributed by atoms with Crippen molar-refractivity contribution in [3.63, 3.8) is 0 Å². The van der Waals surface area contributed by atoms with Gasteiger partial charge in [-0.2, -0.15) is 4.99 Å². The molecule has 1 aromatic rings. The minimum atomic E-state index is -0.727. The third-order valence-electron chi connectivity index (χ3n) is 2.51. The Morgan fingerprint density at radius 2 is 2.30 bits per heavy atom. The van der Waals surface area contributed by atoms with Crippen molar-refractivity contribution in [3.05, 3.63) is 34.4 Å². The highest BCUT2D eigenvalue weighted by atomic mass is 16.6. The van der Waals surface area contributed by atoms with E-state index >= 15 is 0 Å². The van der Waals surface area contributed by atoms with Crippen LogP contribution in [-0.4, -0.2) is 41.3 Å². The molecule has 1 saturated heterocycles. The van der Waals surface area contributed by atoms with Gasteiger partial charge in [0.1, 0.15) is 0 Å². The van der Waals surface area contributed by atoms with Gasteiger partial charge in [-0.25, -0.2) is 4.79 Å². The zero-order chi connectivity index (χ0) is 14.7. The molecule has 0 bridgehead atoms. The summed E-state index contributed by atoms with van der Waals surface area (Å²) in [5.74, 6) is -0.118. The van der Waals surface area contributed by atoms with Crippen LogP contribution in [0.1, 0.15) is 0 Å². The fourth-order valence-corrected chi connectivity index (χ4v) is 1.61. The van der Waals surface area contributed by atoms with Crippen LogP contribution in [0.4, 0.5) is 16.2 Å². The van der Waals surface area contributed by atoms with E-state index in [2.05, 4.69) is 15.6 Å². The first kappa shape index (κ1) is 13.5. The summed E-state index contributed by atoms with van der Waals surface area (Å²) in [5.41, 5.74) is 0.113. The first-order chi connectivity index (χ1) is 9.45. The number of hydrogen-bond donors (Lipinski definition) is 2. The molecule has 0 atom stereocenters. The molecule has 104 valence electrons. The maximum atomic E-state index is 11.7. The summed E-state index contributed by atoms with van der Waals surface area (Å²) in [6.07, 6.45) is 0. The summed E-state index contributed by atoms with van der Waals surface area (Å²) in [6.45, 7) is 0.128. The molecule has 0 spiro atoms. The Kier molecular flexibility index (Phi) is 3.60. The zero-order valence-corrected chi connectivity index (χ0v) is 10.5. The highest BCUT2D eigenvalue weighted by Crippen LogP contribution is 2.17. The molecule has 0 unspecified atom stereocenters. The fraction of sp³-hybridized carbons (Fsp3) is 0.182. The van der Waals surface area contributed by atoms with Gasteiger partial charge in [0.05, 0.1) is 11.5 Å². The summed E-state index contributed by atoms with van der Waals surface area (Å²) < 4.78 is 0. The molecule has 0 saturated carbocycles. The van der Waals surface area contributed by atoms with E-state index in [-0.39, 0.29) is 29.8 Å². The van der Waals surface area contributed by atoms with Crippen LogP contribution in [-0.2, 0) is 4.79 Å². The maximum absolute atomic E-state index is 11.7. The molecule has 1 aliphatic rings. The van der Waals surface area contributed by atoms with E-state index in [0.717, 1.165) is 0 Å². The van der Waals surface area contributed by atoms with Crippen LogP contribution in [0.2, 0.25) is 0 Å². The number of nitrogens with zero attached hydrogens (tertiary/aromatic N) is 3. The molecule has 9 heteroatoms. The number of rotatable bonds is 2. The molecule has 2 N–H and O–H groups in total.